The van der Waals surface area contributed by atoms with E-state index in [1.54, 1.807) is 0 Å². The van der Waals surface area contributed by atoms with E-state index in [0.29, 0.717) is 5.91 Å². The molecule has 0 radical (unpaired) electrons. The third-order valence-electron chi connectivity index (χ3n) is 5.37. The van der Waals surface area contributed by atoms with Crippen LogP contribution in [0.25, 0.3) is 0 Å². The van der Waals surface area contributed by atoms with Gasteiger partial charge in [0.2, 0.25) is 5.91 Å². The summed E-state index contributed by atoms with van der Waals surface area (Å²) in [5, 5.41) is 3.18. The Morgan fingerprint density at radius 2 is 1.71 bits per heavy atom. The van der Waals surface area contributed by atoms with E-state index in [-0.39, 0.29) is 5.41 Å². The molecule has 0 heterocycles. The van der Waals surface area contributed by atoms with Gasteiger partial charge >= 0.3 is 0 Å². The van der Waals surface area contributed by atoms with Crippen LogP contribution in [0.5, 0.6) is 0 Å². The first-order chi connectivity index (χ1) is 8.22. The molecular formula is C15H25NO. The van der Waals surface area contributed by atoms with Gasteiger partial charge < -0.3 is 5.32 Å². The normalized spacial score (nSPS) is 43.5. The van der Waals surface area contributed by atoms with Crippen LogP contribution in [0.4, 0.5) is 0 Å². The topological polar surface area (TPSA) is 29.1 Å². The van der Waals surface area contributed by atoms with Crippen LogP contribution < -0.4 is 5.32 Å². The molecule has 17 heavy (non-hydrogen) atoms. The zero-order valence-electron chi connectivity index (χ0n) is 11.0. The van der Waals surface area contributed by atoms with Crippen LogP contribution in [0.15, 0.2) is 0 Å². The molecule has 0 aliphatic heterocycles. The number of carbonyl (C=O) groups excluding carboxylic acids is 1. The fourth-order valence-corrected chi connectivity index (χ4v) is 4.90. The molecule has 1 amide bonds. The summed E-state index contributed by atoms with van der Waals surface area (Å²) in [6.07, 6.45) is 10.2. The van der Waals surface area contributed by atoms with Crippen LogP contribution >= 0.6 is 0 Å². The molecule has 96 valence electrons. The SMILES string of the molecule is CCCNC(=O)C12CC3C[C@H](CC[C@@H](C3)C1)C2. The van der Waals surface area contributed by atoms with Crippen molar-refractivity contribution in [1.29, 1.82) is 0 Å². The Bertz CT molecular complexity index is 296. The van der Waals surface area contributed by atoms with Gasteiger partial charge in [0.1, 0.15) is 0 Å². The molecule has 4 aliphatic rings. The maximum absolute atomic E-state index is 12.5. The Morgan fingerprint density at radius 1 is 1.12 bits per heavy atom. The number of fused-ring (bicyclic) bond motifs is 1. The molecular weight excluding hydrogens is 210 g/mol. The van der Waals surface area contributed by atoms with Crippen LogP contribution in [-0.4, -0.2) is 12.5 Å². The first kappa shape index (κ1) is 11.6. The molecule has 0 aromatic rings. The molecule has 2 nitrogen and oxygen atoms in total. The number of amides is 1. The second kappa shape index (κ2) is 4.29. The average molecular weight is 235 g/mol. The minimum atomic E-state index is 0.0438. The summed E-state index contributed by atoms with van der Waals surface area (Å²) in [6.45, 7) is 2.99. The monoisotopic (exact) mass is 235 g/mol. The summed E-state index contributed by atoms with van der Waals surface area (Å²) in [7, 11) is 0. The van der Waals surface area contributed by atoms with Gasteiger partial charge in [-0.15, -0.1) is 0 Å². The van der Waals surface area contributed by atoms with Crippen LogP contribution in [0.1, 0.15) is 58.3 Å². The van der Waals surface area contributed by atoms with Crippen molar-refractivity contribution in [3.05, 3.63) is 0 Å². The van der Waals surface area contributed by atoms with Gasteiger partial charge in [-0.2, -0.15) is 0 Å². The fraction of sp³-hybridized carbons (Fsp3) is 0.933. The van der Waals surface area contributed by atoms with E-state index >= 15 is 0 Å². The molecule has 4 rings (SSSR count). The minimum absolute atomic E-state index is 0.0438. The number of hydrogen-bond donors (Lipinski definition) is 1. The lowest BCUT2D eigenvalue weighted by Gasteiger charge is -2.47. The highest BCUT2D eigenvalue weighted by Crippen LogP contribution is 2.57. The summed E-state index contributed by atoms with van der Waals surface area (Å²) in [4.78, 5) is 12.5. The highest BCUT2D eigenvalue weighted by Gasteiger charge is 2.52. The van der Waals surface area contributed by atoms with Crippen molar-refractivity contribution in [2.24, 2.45) is 23.2 Å². The molecule has 4 bridgehead atoms. The number of hydrogen-bond acceptors (Lipinski definition) is 1. The average Bonchev–Trinajstić information content (AvgIpc) is 2.53. The van der Waals surface area contributed by atoms with Crippen molar-refractivity contribution in [3.63, 3.8) is 0 Å². The predicted molar refractivity (Wildman–Crippen MR) is 68.5 cm³/mol. The first-order valence-electron chi connectivity index (χ1n) is 7.50. The number of carbonyl (C=O) groups is 1. The Kier molecular flexibility index (Phi) is 2.92. The van der Waals surface area contributed by atoms with Gasteiger partial charge in [0.05, 0.1) is 0 Å². The van der Waals surface area contributed by atoms with Gasteiger partial charge in [0.25, 0.3) is 0 Å². The van der Waals surface area contributed by atoms with E-state index in [0.717, 1.165) is 30.7 Å². The van der Waals surface area contributed by atoms with E-state index in [9.17, 15) is 4.79 Å². The van der Waals surface area contributed by atoms with Crippen LogP contribution in [0.2, 0.25) is 0 Å². The van der Waals surface area contributed by atoms with Gasteiger partial charge in [-0.1, -0.05) is 19.8 Å². The minimum Gasteiger partial charge on any atom is -0.356 e. The molecule has 4 saturated carbocycles. The molecule has 0 saturated heterocycles. The third-order valence-corrected chi connectivity index (χ3v) is 5.37. The lowest BCUT2D eigenvalue weighted by atomic mass is 9.58. The second-order valence-corrected chi connectivity index (χ2v) is 6.80. The number of rotatable bonds is 3. The molecule has 2 atom stereocenters. The van der Waals surface area contributed by atoms with Crippen molar-refractivity contribution in [1.82, 2.24) is 5.32 Å². The van der Waals surface area contributed by atoms with Gasteiger partial charge in [-0.3, -0.25) is 4.79 Å². The van der Waals surface area contributed by atoms with E-state index in [1.165, 1.54) is 44.9 Å². The van der Waals surface area contributed by atoms with E-state index < -0.39 is 0 Å². The van der Waals surface area contributed by atoms with Gasteiger partial charge in [0, 0.05) is 12.0 Å². The summed E-state index contributed by atoms with van der Waals surface area (Å²) in [6, 6.07) is 0. The van der Waals surface area contributed by atoms with Crippen molar-refractivity contribution >= 4 is 5.91 Å². The fourth-order valence-electron chi connectivity index (χ4n) is 4.90. The van der Waals surface area contributed by atoms with Gasteiger partial charge in [-0.05, 0) is 56.3 Å². The lowest BCUT2D eigenvalue weighted by Crippen LogP contribution is -2.48. The molecule has 2 heteroatoms. The number of nitrogens with one attached hydrogen (secondary N) is 1. The lowest BCUT2D eigenvalue weighted by molar-refractivity contribution is -0.138. The van der Waals surface area contributed by atoms with Crippen molar-refractivity contribution in [2.75, 3.05) is 6.54 Å². The van der Waals surface area contributed by atoms with Crippen molar-refractivity contribution < 1.29 is 4.79 Å². The zero-order chi connectivity index (χ0) is 11.9. The molecule has 4 aliphatic carbocycles. The van der Waals surface area contributed by atoms with Crippen LogP contribution in [0.3, 0.4) is 0 Å². The Balaban J connectivity index is 1.79. The molecule has 0 aromatic carbocycles. The molecule has 0 unspecified atom stereocenters. The maximum Gasteiger partial charge on any atom is 0.226 e. The van der Waals surface area contributed by atoms with E-state index in [4.69, 9.17) is 0 Å². The summed E-state index contributed by atoms with van der Waals surface area (Å²) >= 11 is 0. The third kappa shape index (κ3) is 2.00. The first-order valence-corrected chi connectivity index (χ1v) is 7.50. The van der Waals surface area contributed by atoms with Crippen LogP contribution in [-0.2, 0) is 4.79 Å². The zero-order valence-corrected chi connectivity index (χ0v) is 11.0. The van der Waals surface area contributed by atoms with Gasteiger partial charge in [0.15, 0.2) is 0 Å². The Labute approximate surface area is 105 Å². The molecule has 0 spiro atoms. The highest BCUT2D eigenvalue weighted by atomic mass is 16.2. The molecule has 4 fully saturated rings. The standard InChI is InChI=1S/C15H25NO/c1-2-5-16-14(17)15-8-11-3-4-12(9-15)7-13(6-11)10-15/h11-13H,2-10H2,1H3,(H,16,17)/t11-,12-,13?,15?/m0/s1. The van der Waals surface area contributed by atoms with E-state index in [1.807, 2.05) is 0 Å². The van der Waals surface area contributed by atoms with Crippen molar-refractivity contribution in [3.8, 4) is 0 Å². The largest absolute Gasteiger partial charge is 0.356 e. The van der Waals surface area contributed by atoms with Crippen LogP contribution in [0, 0.1) is 23.2 Å². The Hall–Kier alpha value is -0.530. The quantitative estimate of drug-likeness (QED) is 0.800. The summed E-state index contributed by atoms with van der Waals surface area (Å²) < 4.78 is 0. The summed E-state index contributed by atoms with van der Waals surface area (Å²) in [5.41, 5.74) is 0.0438. The van der Waals surface area contributed by atoms with Crippen molar-refractivity contribution in [2.45, 2.75) is 58.3 Å². The highest BCUT2D eigenvalue weighted by molar-refractivity contribution is 5.83. The maximum atomic E-state index is 12.5. The molecule has 0 aromatic heterocycles. The predicted octanol–water partition coefficient (Wildman–Crippen LogP) is 3.12. The molecule has 1 N–H and O–H groups in total. The smallest absolute Gasteiger partial charge is 0.226 e. The Morgan fingerprint density at radius 3 is 2.29 bits per heavy atom. The second-order valence-electron chi connectivity index (χ2n) is 6.80. The van der Waals surface area contributed by atoms with Gasteiger partial charge in [-0.25, -0.2) is 0 Å². The summed E-state index contributed by atoms with van der Waals surface area (Å²) in [5.74, 6) is 2.96. The van der Waals surface area contributed by atoms with E-state index in [2.05, 4.69) is 12.2 Å².